The van der Waals surface area contributed by atoms with Crippen LogP contribution in [0.25, 0.3) is 0 Å². The van der Waals surface area contributed by atoms with Gasteiger partial charge in [0.2, 0.25) is 0 Å². The summed E-state index contributed by atoms with van der Waals surface area (Å²) >= 11 is 0. The van der Waals surface area contributed by atoms with Crippen LogP contribution in [0.15, 0.2) is 30.3 Å². The Balaban J connectivity index is 1.98. The van der Waals surface area contributed by atoms with E-state index in [9.17, 15) is 4.79 Å². The molecule has 0 saturated carbocycles. The molecule has 0 bridgehead atoms. The second-order valence-corrected chi connectivity index (χ2v) is 4.98. The van der Waals surface area contributed by atoms with Crippen LogP contribution in [0.4, 0.5) is 4.79 Å². The van der Waals surface area contributed by atoms with Crippen molar-refractivity contribution in [3.05, 3.63) is 35.9 Å². The van der Waals surface area contributed by atoms with Crippen molar-refractivity contribution < 1.29 is 14.6 Å². The zero-order valence-corrected chi connectivity index (χ0v) is 11.7. The first kappa shape index (κ1) is 15.5. The van der Waals surface area contributed by atoms with Gasteiger partial charge < -0.3 is 9.84 Å². The van der Waals surface area contributed by atoms with Crippen molar-refractivity contribution in [1.82, 2.24) is 0 Å². The molecule has 19 heavy (non-hydrogen) atoms. The van der Waals surface area contributed by atoms with Crippen molar-refractivity contribution in [3.8, 4) is 0 Å². The van der Waals surface area contributed by atoms with Gasteiger partial charge in [-0.25, -0.2) is 4.79 Å². The van der Waals surface area contributed by atoms with Gasteiger partial charge in [0.15, 0.2) is 0 Å². The van der Waals surface area contributed by atoms with Gasteiger partial charge in [-0.2, -0.15) is 0 Å². The molecule has 3 heteroatoms. The van der Waals surface area contributed by atoms with Gasteiger partial charge in [-0.05, 0) is 24.3 Å². The van der Waals surface area contributed by atoms with Crippen LogP contribution in [0, 0.1) is 0 Å². The van der Waals surface area contributed by atoms with Gasteiger partial charge in [-0.15, -0.1) is 0 Å². The van der Waals surface area contributed by atoms with E-state index >= 15 is 0 Å². The minimum atomic E-state index is -1.17. The molecule has 1 aromatic carbocycles. The second kappa shape index (κ2) is 9.42. The lowest BCUT2D eigenvalue weighted by Crippen LogP contribution is -2.01. The Morgan fingerprint density at radius 3 is 2.42 bits per heavy atom. The van der Waals surface area contributed by atoms with Crippen molar-refractivity contribution in [3.63, 3.8) is 0 Å². The Morgan fingerprint density at radius 2 is 1.74 bits per heavy atom. The molecule has 0 aliphatic carbocycles. The fourth-order valence-corrected chi connectivity index (χ4v) is 2.19. The van der Waals surface area contributed by atoms with Crippen molar-refractivity contribution in [1.29, 1.82) is 0 Å². The maximum atomic E-state index is 10.1. The normalized spacial score (nSPS) is 12.1. The first-order valence-corrected chi connectivity index (χ1v) is 7.11. The molecule has 0 amide bonds. The quantitative estimate of drug-likeness (QED) is 0.513. The number of hydrogen-bond acceptors (Lipinski definition) is 2. The Labute approximate surface area is 115 Å². The molecule has 1 unspecified atom stereocenters. The number of unbranched alkanes of at least 4 members (excludes halogenated alkanes) is 4. The molecule has 0 aromatic heterocycles. The van der Waals surface area contributed by atoms with Gasteiger partial charge in [0, 0.05) is 0 Å². The number of rotatable bonds is 9. The van der Waals surface area contributed by atoms with Crippen LogP contribution in [-0.4, -0.2) is 17.9 Å². The molecule has 106 valence electrons. The fourth-order valence-electron chi connectivity index (χ4n) is 2.19. The van der Waals surface area contributed by atoms with Gasteiger partial charge in [-0.1, -0.05) is 62.9 Å². The van der Waals surface area contributed by atoms with Gasteiger partial charge in [0.25, 0.3) is 0 Å². The Hall–Kier alpha value is -1.51. The third-order valence-electron chi connectivity index (χ3n) is 3.38. The van der Waals surface area contributed by atoms with E-state index in [1.807, 2.05) is 0 Å². The molecule has 0 heterocycles. The van der Waals surface area contributed by atoms with Crippen LogP contribution >= 0.6 is 0 Å². The summed E-state index contributed by atoms with van der Waals surface area (Å²) < 4.78 is 4.46. The number of benzene rings is 1. The van der Waals surface area contributed by atoms with Crippen LogP contribution in [0.1, 0.15) is 56.9 Å². The molecule has 1 N–H and O–H groups in total. The predicted octanol–water partition coefficient (Wildman–Crippen LogP) is 4.83. The molecular weight excluding hydrogens is 240 g/mol. The topological polar surface area (TPSA) is 46.5 Å². The predicted molar refractivity (Wildman–Crippen MR) is 76.5 cm³/mol. The van der Waals surface area contributed by atoms with E-state index < -0.39 is 6.16 Å². The molecule has 0 fully saturated rings. The molecule has 1 aromatic rings. The van der Waals surface area contributed by atoms with E-state index in [1.165, 1.54) is 24.8 Å². The zero-order chi connectivity index (χ0) is 13.9. The van der Waals surface area contributed by atoms with Crippen molar-refractivity contribution in [2.45, 2.75) is 51.4 Å². The maximum absolute atomic E-state index is 10.1. The van der Waals surface area contributed by atoms with Gasteiger partial charge in [0.05, 0.1) is 6.61 Å². The Morgan fingerprint density at radius 1 is 1.11 bits per heavy atom. The lowest BCUT2D eigenvalue weighted by molar-refractivity contribution is 0.0899. The summed E-state index contributed by atoms with van der Waals surface area (Å²) in [5.74, 6) is 0.622. The van der Waals surface area contributed by atoms with E-state index in [0.717, 1.165) is 19.3 Å². The first-order valence-electron chi connectivity index (χ1n) is 7.11. The average molecular weight is 264 g/mol. The molecule has 3 nitrogen and oxygen atoms in total. The molecule has 1 atom stereocenters. The van der Waals surface area contributed by atoms with Crippen LogP contribution in [-0.2, 0) is 4.74 Å². The summed E-state index contributed by atoms with van der Waals surface area (Å²) in [6, 6.07) is 10.6. The molecule has 0 aliphatic heterocycles. The number of ether oxygens (including phenoxy) is 1. The summed E-state index contributed by atoms with van der Waals surface area (Å²) in [7, 11) is 0. The maximum Gasteiger partial charge on any atom is 0.505 e. The number of carbonyl (C=O) groups is 1. The summed E-state index contributed by atoms with van der Waals surface area (Å²) in [4.78, 5) is 10.1. The first-order chi connectivity index (χ1) is 9.20. The molecular formula is C16H24O3. The van der Waals surface area contributed by atoms with Crippen molar-refractivity contribution in [2.24, 2.45) is 0 Å². The zero-order valence-electron chi connectivity index (χ0n) is 11.7. The van der Waals surface area contributed by atoms with E-state index in [2.05, 4.69) is 42.0 Å². The Kier molecular flexibility index (Phi) is 7.71. The third kappa shape index (κ3) is 7.50. The summed E-state index contributed by atoms with van der Waals surface area (Å²) in [5, 5.41) is 8.30. The number of hydrogen-bond donors (Lipinski definition) is 1. The standard InChI is InChI=1S/C16H24O3/c1-14(15-11-7-5-8-12-15)10-6-3-2-4-9-13-19-16(17)18/h5,7-8,11-12,14H,2-4,6,9-10,13H2,1H3,(H,17,18). The lowest BCUT2D eigenvalue weighted by atomic mass is 9.95. The summed E-state index contributed by atoms with van der Waals surface area (Å²) in [6.07, 6.45) is 5.53. The molecule has 0 radical (unpaired) electrons. The SMILES string of the molecule is CC(CCCCCCCOC(=O)O)c1ccccc1. The van der Waals surface area contributed by atoms with E-state index in [4.69, 9.17) is 5.11 Å². The molecule has 0 aliphatic rings. The van der Waals surface area contributed by atoms with Gasteiger partial charge in [0.1, 0.15) is 0 Å². The van der Waals surface area contributed by atoms with E-state index in [1.54, 1.807) is 0 Å². The smallest absolute Gasteiger partial charge is 0.450 e. The summed E-state index contributed by atoms with van der Waals surface area (Å²) in [6.45, 7) is 2.60. The molecule has 0 saturated heterocycles. The highest BCUT2D eigenvalue weighted by molar-refractivity contribution is 5.56. The van der Waals surface area contributed by atoms with Gasteiger partial charge >= 0.3 is 6.16 Å². The number of carboxylic acid groups (broad SMARTS) is 1. The highest BCUT2D eigenvalue weighted by atomic mass is 16.7. The largest absolute Gasteiger partial charge is 0.505 e. The van der Waals surface area contributed by atoms with Crippen LogP contribution in [0.2, 0.25) is 0 Å². The Bertz CT molecular complexity index is 348. The second-order valence-electron chi connectivity index (χ2n) is 4.98. The fraction of sp³-hybridized carbons (Fsp3) is 0.562. The van der Waals surface area contributed by atoms with E-state index in [0.29, 0.717) is 12.5 Å². The minimum Gasteiger partial charge on any atom is -0.450 e. The summed E-state index contributed by atoms with van der Waals surface area (Å²) in [5.41, 5.74) is 1.41. The van der Waals surface area contributed by atoms with E-state index in [-0.39, 0.29) is 0 Å². The van der Waals surface area contributed by atoms with Gasteiger partial charge in [-0.3, -0.25) is 0 Å². The van der Waals surface area contributed by atoms with Crippen LogP contribution < -0.4 is 0 Å². The monoisotopic (exact) mass is 264 g/mol. The van der Waals surface area contributed by atoms with Crippen LogP contribution in [0.3, 0.4) is 0 Å². The van der Waals surface area contributed by atoms with Crippen molar-refractivity contribution >= 4 is 6.16 Å². The van der Waals surface area contributed by atoms with Crippen LogP contribution in [0.5, 0.6) is 0 Å². The highest BCUT2D eigenvalue weighted by Crippen LogP contribution is 2.21. The average Bonchev–Trinajstić information content (AvgIpc) is 2.42. The molecule has 1 rings (SSSR count). The lowest BCUT2D eigenvalue weighted by Gasteiger charge is -2.11. The minimum absolute atomic E-state index is 0.329. The third-order valence-corrected chi connectivity index (χ3v) is 3.38. The highest BCUT2D eigenvalue weighted by Gasteiger charge is 2.04. The van der Waals surface area contributed by atoms with Crippen molar-refractivity contribution in [2.75, 3.05) is 6.61 Å². The molecule has 0 spiro atoms.